The summed E-state index contributed by atoms with van der Waals surface area (Å²) < 4.78 is 11.0. The third-order valence-corrected chi connectivity index (χ3v) is 4.38. The van der Waals surface area contributed by atoms with E-state index in [1.807, 2.05) is 0 Å². The van der Waals surface area contributed by atoms with Gasteiger partial charge in [0.1, 0.15) is 5.75 Å². The molecule has 8 nitrogen and oxygen atoms in total. The standard InChI is InChI=1S/C20H18ClN5O3/c1-13(28-17-5-3-2-4-16(17)21)19(27)26(12-18-24-25-20(23)29-18)11-15-8-6-14(10-22)7-9-15/h2-9,13H,11-12H2,1H3,(H2,23,25)/t13-/m0/s1. The van der Waals surface area contributed by atoms with Crippen LogP contribution in [-0.4, -0.2) is 27.1 Å². The highest BCUT2D eigenvalue weighted by atomic mass is 35.5. The monoisotopic (exact) mass is 411 g/mol. The first kappa shape index (κ1) is 20.2. The van der Waals surface area contributed by atoms with Gasteiger partial charge in [-0.3, -0.25) is 4.79 Å². The number of ether oxygens (including phenoxy) is 1. The number of para-hydroxylation sites is 1. The summed E-state index contributed by atoms with van der Waals surface area (Å²) in [7, 11) is 0. The highest BCUT2D eigenvalue weighted by Gasteiger charge is 2.25. The molecule has 1 aromatic heterocycles. The molecule has 3 rings (SSSR count). The van der Waals surface area contributed by atoms with Crippen molar-refractivity contribution in [2.75, 3.05) is 5.73 Å². The molecule has 1 atom stereocenters. The molecule has 0 aliphatic carbocycles. The summed E-state index contributed by atoms with van der Waals surface area (Å²) in [6.07, 6.45) is -0.812. The van der Waals surface area contributed by atoms with Crippen molar-refractivity contribution < 1.29 is 13.9 Å². The Morgan fingerprint density at radius 1 is 1.24 bits per heavy atom. The Labute approximate surface area is 172 Å². The van der Waals surface area contributed by atoms with Crippen LogP contribution in [0.15, 0.2) is 52.9 Å². The van der Waals surface area contributed by atoms with Gasteiger partial charge in [0.15, 0.2) is 6.10 Å². The second-order valence-corrected chi connectivity index (χ2v) is 6.63. The lowest BCUT2D eigenvalue weighted by Gasteiger charge is -2.25. The maximum Gasteiger partial charge on any atom is 0.312 e. The summed E-state index contributed by atoms with van der Waals surface area (Å²) >= 11 is 6.12. The minimum absolute atomic E-state index is 0.0548. The summed E-state index contributed by atoms with van der Waals surface area (Å²) in [5, 5.41) is 16.8. The Bertz CT molecular complexity index is 1030. The number of carbonyl (C=O) groups is 1. The quantitative estimate of drug-likeness (QED) is 0.634. The van der Waals surface area contributed by atoms with E-state index in [1.54, 1.807) is 55.5 Å². The molecule has 0 aliphatic rings. The number of anilines is 1. The van der Waals surface area contributed by atoms with Crippen molar-refractivity contribution >= 4 is 23.5 Å². The van der Waals surface area contributed by atoms with Crippen LogP contribution in [0.2, 0.25) is 5.02 Å². The van der Waals surface area contributed by atoms with Gasteiger partial charge in [-0.1, -0.05) is 41.0 Å². The molecular formula is C20H18ClN5O3. The van der Waals surface area contributed by atoms with Crippen LogP contribution in [0.1, 0.15) is 23.9 Å². The normalized spacial score (nSPS) is 11.5. The van der Waals surface area contributed by atoms with E-state index in [0.29, 0.717) is 16.3 Å². The highest BCUT2D eigenvalue weighted by molar-refractivity contribution is 6.32. The summed E-state index contributed by atoms with van der Waals surface area (Å²) in [6, 6.07) is 15.8. The molecule has 0 saturated carbocycles. The smallest absolute Gasteiger partial charge is 0.312 e. The Hall–Kier alpha value is -3.57. The second kappa shape index (κ2) is 9.08. The lowest BCUT2D eigenvalue weighted by molar-refractivity contribution is -0.139. The molecule has 0 aliphatic heterocycles. The van der Waals surface area contributed by atoms with E-state index in [1.165, 1.54) is 4.90 Å². The van der Waals surface area contributed by atoms with Gasteiger partial charge in [-0.25, -0.2) is 0 Å². The number of amides is 1. The molecule has 29 heavy (non-hydrogen) atoms. The van der Waals surface area contributed by atoms with Crippen LogP contribution in [0.25, 0.3) is 0 Å². The largest absolute Gasteiger partial charge is 0.479 e. The first-order chi connectivity index (χ1) is 14.0. The minimum Gasteiger partial charge on any atom is -0.479 e. The number of benzene rings is 2. The Kier molecular flexibility index (Phi) is 6.32. The third kappa shape index (κ3) is 5.24. The van der Waals surface area contributed by atoms with Crippen molar-refractivity contribution in [1.82, 2.24) is 15.1 Å². The number of aromatic nitrogens is 2. The van der Waals surface area contributed by atoms with E-state index in [2.05, 4.69) is 16.3 Å². The van der Waals surface area contributed by atoms with Gasteiger partial charge in [0.05, 0.1) is 23.2 Å². The first-order valence-electron chi connectivity index (χ1n) is 8.73. The lowest BCUT2D eigenvalue weighted by atomic mass is 10.1. The second-order valence-electron chi connectivity index (χ2n) is 6.23. The van der Waals surface area contributed by atoms with Crippen LogP contribution in [0, 0.1) is 11.3 Å². The van der Waals surface area contributed by atoms with Gasteiger partial charge in [-0.05, 0) is 36.8 Å². The van der Waals surface area contributed by atoms with E-state index in [4.69, 9.17) is 31.8 Å². The predicted molar refractivity (Wildman–Crippen MR) is 106 cm³/mol. The summed E-state index contributed by atoms with van der Waals surface area (Å²) in [4.78, 5) is 14.6. The first-order valence-corrected chi connectivity index (χ1v) is 9.11. The van der Waals surface area contributed by atoms with Gasteiger partial charge in [0, 0.05) is 6.54 Å². The SMILES string of the molecule is C[C@H](Oc1ccccc1Cl)C(=O)N(Cc1ccc(C#N)cc1)Cc1nnc(N)o1. The van der Waals surface area contributed by atoms with Gasteiger partial charge < -0.3 is 19.8 Å². The van der Waals surface area contributed by atoms with Crippen molar-refractivity contribution in [3.05, 3.63) is 70.6 Å². The molecule has 0 radical (unpaired) electrons. The molecule has 2 N–H and O–H groups in total. The number of halogens is 1. The van der Waals surface area contributed by atoms with Crippen molar-refractivity contribution in [2.45, 2.75) is 26.1 Å². The van der Waals surface area contributed by atoms with E-state index in [-0.39, 0.29) is 30.9 Å². The van der Waals surface area contributed by atoms with Crippen LogP contribution in [-0.2, 0) is 17.9 Å². The zero-order valence-electron chi connectivity index (χ0n) is 15.6. The van der Waals surface area contributed by atoms with Crippen LogP contribution < -0.4 is 10.5 Å². The van der Waals surface area contributed by atoms with Gasteiger partial charge in [0.2, 0.25) is 5.89 Å². The van der Waals surface area contributed by atoms with Crippen LogP contribution in [0.5, 0.6) is 5.75 Å². The van der Waals surface area contributed by atoms with Crippen LogP contribution >= 0.6 is 11.6 Å². The Balaban J connectivity index is 1.79. The van der Waals surface area contributed by atoms with E-state index >= 15 is 0 Å². The van der Waals surface area contributed by atoms with Gasteiger partial charge in [-0.2, -0.15) is 5.26 Å². The average Bonchev–Trinajstić information content (AvgIpc) is 3.14. The molecule has 0 fully saturated rings. The van der Waals surface area contributed by atoms with Gasteiger partial charge in [-0.15, -0.1) is 5.10 Å². The molecule has 0 unspecified atom stereocenters. The maximum absolute atomic E-state index is 13.1. The molecule has 3 aromatic rings. The highest BCUT2D eigenvalue weighted by Crippen LogP contribution is 2.25. The number of nitriles is 1. The van der Waals surface area contributed by atoms with E-state index < -0.39 is 6.10 Å². The lowest BCUT2D eigenvalue weighted by Crippen LogP contribution is -2.39. The molecule has 0 saturated heterocycles. The number of hydrogen-bond acceptors (Lipinski definition) is 7. The molecular weight excluding hydrogens is 394 g/mol. The summed E-state index contributed by atoms with van der Waals surface area (Å²) in [6.45, 7) is 1.95. The van der Waals surface area contributed by atoms with E-state index in [9.17, 15) is 4.79 Å². The topological polar surface area (TPSA) is 118 Å². The zero-order valence-corrected chi connectivity index (χ0v) is 16.3. The van der Waals surface area contributed by atoms with E-state index in [0.717, 1.165) is 5.56 Å². The molecule has 9 heteroatoms. The predicted octanol–water partition coefficient (Wildman–Crippen LogP) is 3.17. The molecule has 2 aromatic carbocycles. The van der Waals surface area contributed by atoms with Crippen molar-refractivity contribution in [1.29, 1.82) is 5.26 Å². The fraction of sp³-hybridized carbons (Fsp3) is 0.200. The average molecular weight is 412 g/mol. The summed E-state index contributed by atoms with van der Waals surface area (Å²) in [5.41, 5.74) is 6.84. The van der Waals surface area contributed by atoms with Crippen LogP contribution in [0.3, 0.4) is 0 Å². The van der Waals surface area contributed by atoms with Crippen molar-refractivity contribution in [3.8, 4) is 11.8 Å². The number of rotatable bonds is 7. The maximum atomic E-state index is 13.1. The number of nitrogen functional groups attached to an aromatic ring is 1. The number of hydrogen-bond donors (Lipinski definition) is 1. The summed E-state index contributed by atoms with van der Waals surface area (Å²) in [5.74, 6) is 0.316. The molecule has 0 bridgehead atoms. The fourth-order valence-corrected chi connectivity index (χ4v) is 2.83. The molecule has 0 spiro atoms. The third-order valence-electron chi connectivity index (χ3n) is 4.06. The van der Waals surface area contributed by atoms with Crippen LogP contribution in [0.4, 0.5) is 6.01 Å². The zero-order chi connectivity index (χ0) is 20.8. The van der Waals surface area contributed by atoms with Crippen molar-refractivity contribution in [2.24, 2.45) is 0 Å². The van der Waals surface area contributed by atoms with Crippen molar-refractivity contribution in [3.63, 3.8) is 0 Å². The Morgan fingerprint density at radius 2 is 1.97 bits per heavy atom. The Morgan fingerprint density at radius 3 is 2.59 bits per heavy atom. The molecule has 1 heterocycles. The molecule has 1 amide bonds. The number of nitrogens with zero attached hydrogens (tertiary/aromatic N) is 4. The fourth-order valence-electron chi connectivity index (χ4n) is 2.65. The minimum atomic E-state index is -0.812. The number of carbonyl (C=O) groups excluding carboxylic acids is 1. The molecule has 148 valence electrons. The van der Waals surface area contributed by atoms with Gasteiger partial charge >= 0.3 is 6.01 Å². The van der Waals surface area contributed by atoms with Gasteiger partial charge in [0.25, 0.3) is 5.91 Å². The number of nitrogens with two attached hydrogens (primary N) is 1.